The van der Waals surface area contributed by atoms with Crippen LogP contribution < -0.4 is 5.32 Å². The molecule has 1 aromatic rings. The molecule has 7 heteroatoms. The zero-order valence-corrected chi connectivity index (χ0v) is 11.7. The van der Waals surface area contributed by atoms with Crippen molar-refractivity contribution in [3.63, 3.8) is 0 Å². The molecule has 0 aliphatic carbocycles. The van der Waals surface area contributed by atoms with Gasteiger partial charge in [-0.1, -0.05) is 17.8 Å². The monoisotopic (exact) mass is 271 g/mol. The van der Waals surface area contributed by atoms with Crippen LogP contribution in [0.1, 0.15) is 12.8 Å². The van der Waals surface area contributed by atoms with Crippen molar-refractivity contribution < 1.29 is 4.74 Å². The number of allylic oxidation sites excluding steroid dienone is 1. The molecule has 0 saturated carbocycles. The third-order valence-electron chi connectivity index (χ3n) is 2.27. The molecule has 0 fully saturated rings. The maximum Gasteiger partial charge on any atom is 0.209 e. The first-order chi connectivity index (χ1) is 8.88. The summed E-state index contributed by atoms with van der Waals surface area (Å²) in [5.74, 6) is 1.02. The lowest BCUT2D eigenvalue weighted by molar-refractivity contribution is 0.199. The number of ether oxygens (including phenoxy) is 1. The number of tetrazole rings is 1. The van der Waals surface area contributed by atoms with E-state index >= 15 is 0 Å². The molecule has 0 amide bonds. The minimum Gasteiger partial charge on any atom is -0.383 e. The highest BCUT2D eigenvalue weighted by molar-refractivity contribution is 7.99. The molecule has 0 spiro atoms. The van der Waals surface area contributed by atoms with E-state index in [-0.39, 0.29) is 0 Å². The molecule has 1 heterocycles. The number of rotatable bonds is 11. The first-order valence-corrected chi connectivity index (χ1v) is 7.06. The van der Waals surface area contributed by atoms with Gasteiger partial charge >= 0.3 is 0 Å². The summed E-state index contributed by atoms with van der Waals surface area (Å²) in [5, 5.41) is 15.8. The van der Waals surface area contributed by atoms with E-state index in [2.05, 4.69) is 27.4 Å². The van der Waals surface area contributed by atoms with Gasteiger partial charge in [0.2, 0.25) is 5.16 Å². The Balaban J connectivity index is 2.20. The van der Waals surface area contributed by atoms with E-state index < -0.39 is 0 Å². The highest BCUT2D eigenvalue weighted by Gasteiger charge is 2.05. The van der Waals surface area contributed by atoms with Crippen LogP contribution in [0.3, 0.4) is 0 Å². The number of unbranched alkanes of at least 4 members (excludes halogenated alkanes) is 1. The predicted molar refractivity (Wildman–Crippen MR) is 72.7 cm³/mol. The zero-order valence-electron chi connectivity index (χ0n) is 10.8. The summed E-state index contributed by atoms with van der Waals surface area (Å²) in [5.41, 5.74) is 0. The molecule has 0 bridgehead atoms. The lowest BCUT2D eigenvalue weighted by Crippen LogP contribution is -2.24. The zero-order chi connectivity index (χ0) is 13.1. The van der Waals surface area contributed by atoms with E-state index in [1.807, 2.05) is 10.8 Å². The van der Waals surface area contributed by atoms with Crippen LogP contribution in [0.4, 0.5) is 0 Å². The average molecular weight is 271 g/mol. The molecule has 0 aliphatic heterocycles. The summed E-state index contributed by atoms with van der Waals surface area (Å²) < 4.78 is 6.79. The van der Waals surface area contributed by atoms with Gasteiger partial charge in [0.25, 0.3) is 0 Å². The molecule has 18 heavy (non-hydrogen) atoms. The van der Waals surface area contributed by atoms with Gasteiger partial charge in [0.15, 0.2) is 0 Å². The summed E-state index contributed by atoms with van der Waals surface area (Å²) in [6.07, 6.45) is 4.07. The Labute approximate surface area is 112 Å². The van der Waals surface area contributed by atoms with Crippen molar-refractivity contribution in [3.8, 4) is 0 Å². The first-order valence-electron chi connectivity index (χ1n) is 6.08. The number of nitrogens with zero attached hydrogens (tertiary/aromatic N) is 4. The van der Waals surface area contributed by atoms with Crippen molar-refractivity contribution in [3.05, 3.63) is 12.7 Å². The Bertz CT molecular complexity index is 331. The van der Waals surface area contributed by atoms with Crippen molar-refractivity contribution in [2.24, 2.45) is 0 Å². The van der Waals surface area contributed by atoms with Gasteiger partial charge in [-0.25, -0.2) is 4.68 Å². The van der Waals surface area contributed by atoms with Crippen LogP contribution in [0.15, 0.2) is 17.8 Å². The SMILES string of the molecule is C=CCCCSc1nnnn1CCNCCOC. The number of methoxy groups -OCH3 is 1. The van der Waals surface area contributed by atoms with Gasteiger partial charge in [0.05, 0.1) is 13.2 Å². The van der Waals surface area contributed by atoms with E-state index in [0.717, 1.165) is 50.0 Å². The Morgan fingerprint density at radius 2 is 2.39 bits per heavy atom. The quantitative estimate of drug-likeness (QED) is 0.367. The van der Waals surface area contributed by atoms with Crippen LogP contribution in [-0.4, -0.2) is 52.8 Å². The highest BCUT2D eigenvalue weighted by atomic mass is 32.2. The minimum absolute atomic E-state index is 0.721. The van der Waals surface area contributed by atoms with Crippen LogP contribution >= 0.6 is 11.8 Å². The van der Waals surface area contributed by atoms with Gasteiger partial charge in [-0.3, -0.25) is 0 Å². The third kappa shape index (κ3) is 6.13. The summed E-state index contributed by atoms with van der Waals surface area (Å²) in [6.45, 7) is 6.89. The molecule has 0 saturated heterocycles. The number of aromatic nitrogens is 4. The standard InChI is InChI=1S/C11H21N5OS/c1-3-4-5-10-18-11-13-14-15-16(11)8-6-12-7-9-17-2/h3,12H,1,4-10H2,2H3. The van der Waals surface area contributed by atoms with Gasteiger partial charge in [0.1, 0.15) is 0 Å². The lowest BCUT2D eigenvalue weighted by Gasteiger charge is -2.05. The third-order valence-corrected chi connectivity index (χ3v) is 3.31. The van der Waals surface area contributed by atoms with Gasteiger partial charge in [-0.2, -0.15) is 0 Å². The van der Waals surface area contributed by atoms with Gasteiger partial charge < -0.3 is 10.1 Å². The fourth-order valence-electron chi connectivity index (χ4n) is 1.32. The summed E-state index contributed by atoms with van der Waals surface area (Å²) in [4.78, 5) is 0. The number of hydrogen-bond donors (Lipinski definition) is 1. The molecule has 1 rings (SSSR count). The van der Waals surface area contributed by atoms with Crippen LogP contribution in [0, 0.1) is 0 Å². The number of thioether (sulfide) groups is 1. The summed E-state index contributed by atoms with van der Waals surface area (Å²) in [6, 6.07) is 0. The fourth-order valence-corrected chi connectivity index (χ4v) is 2.18. The van der Waals surface area contributed by atoms with Crippen molar-refractivity contribution in [2.75, 3.05) is 32.6 Å². The first kappa shape index (κ1) is 15.1. The Morgan fingerprint density at radius 3 is 3.17 bits per heavy atom. The van der Waals surface area contributed by atoms with Gasteiger partial charge in [-0.15, -0.1) is 11.7 Å². The molecule has 0 aromatic carbocycles. The van der Waals surface area contributed by atoms with Crippen molar-refractivity contribution in [1.82, 2.24) is 25.5 Å². The Hall–Kier alpha value is -0.920. The van der Waals surface area contributed by atoms with E-state index in [0.29, 0.717) is 0 Å². The average Bonchev–Trinajstić information content (AvgIpc) is 2.82. The van der Waals surface area contributed by atoms with Gasteiger partial charge in [0, 0.05) is 26.0 Å². The summed E-state index contributed by atoms with van der Waals surface area (Å²) in [7, 11) is 1.70. The van der Waals surface area contributed by atoms with Crippen LogP contribution in [0.2, 0.25) is 0 Å². The van der Waals surface area contributed by atoms with E-state index in [1.54, 1.807) is 18.9 Å². The molecule has 0 atom stereocenters. The second kappa shape index (κ2) is 10.0. The van der Waals surface area contributed by atoms with Gasteiger partial charge in [-0.05, 0) is 23.3 Å². The molecule has 1 N–H and O–H groups in total. The Kier molecular flexibility index (Phi) is 8.45. The Morgan fingerprint density at radius 1 is 1.50 bits per heavy atom. The van der Waals surface area contributed by atoms with E-state index in [1.165, 1.54) is 0 Å². The van der Waals surface area contributed by atoms with E-state index in [9.17, 15) is 0 Å². The van der Waals surface area contributed by atoms with Crippen molar-refractivity contribution >= 4 is 11.8 Å². The number of nitrogens with one attached hydrogen (secondary N) is 1. The maximum atomic E-state index is 4.96. The molecular weight excluding hydrogens is 250 g/mol. The minimum atomic E-state index is 0.721. The van der Waals surface area contributed by atoms with Crippen molar-refractivity contribution in [2.45, 2.75) is 24.5 Å². The van der Waals surface area contributed by atoms with Crippen LogP contribution in [0.25, 0.3) is 0 Å². The summed E-state index contributed by atoms with van der Waals surface area (Å²) >= 11 is 1.69. The molecule has 0 aliphatic rings. The topological polar surface area (TPSA) is 64.9 Å². The molecule has 102 valence electrons. The second-order valence-electron chi connectivity index (χ2n) is 3.71. The highest BCUT2D eigenvalue weighted by Crippen LogP contribution is 2.15. The van der Waals surface area contributed by atoms with Crippen LogP contribution in [-0.2, 0) is 11.3 Å². The number of hydrogen-bond acceptors (Lipinski definition) is 6. The predicted octanol–water partition coefficient (Wildman–Crippen LogP) is 0.967. The maximum absolute atomic E-state index is 4.96. The molecule has 0 unspecified atom stereocenters. The van der Waals surface area contributed by atoms with Crippen molar-refractivity contribution in [1.29, 1.82) is 0 Å². The molecular formula is C11H21N5OS. The molecule has 0 radical (unpaired) electrons. The largest absolute Gasteiger partial charge is 0.383 e. The lowest BCUT2D eigenvalue weighted by atomic mass is 10.3. The normalized spacial score (nSPS) is 10.7. The fraction of sp³-hybridized carbons (Fsp3) is 0.727. The smallest absolute Gasteiger partial charge is 0.209 e. The molecule has 1 aromatic heterocycles. The van der Waals surface area contributed by atoms with Crippen LogP contribution in [0.5, 0.6) is 0 Å². The second-order valence-corrected chi connectivity index (χ2v) is 4.77. The molecule has 6 nitrogen and oxygen atoms in total. The van der Waals surface area contributed by atoms with E-state index in [4.69, 9.17) is 4.74 Å².